The van der Waals surface area contributed by atoms with E-state index in [-0.39, 0.29) is 36.0 Å². The summed E-state index contributed by atoms with van der Waals surface area (Å²) in [7, 11) is 0. The lowest BCUT2D eigenvalue weighted by molar-refractivity contribution is -0.158. The minimum absolute atomic E-state index is 0.135. The molecule has 0 radical (unpaired) electrons. The van der Waals surface area contributed by atoms with Gasteiger partial charge in [0.2, 0.25) is 0 Å². The summed E-state index contributed by atoms with van der Waals surface area (Å²) in [5.41, 5.74) is 0.300. The fourth-order valence-electron chi connectivity index (χ4n) is 2.66. The van der Waals surface area contributed by atoms with Crippen LogP contribution in [0.4, 0.5) is 0 Å². The minimum atomic E-state index is -0.870. The summed E-state index contributed by atoms with van der Waals surface area (Å²) in [6, 6.07) is 8.45. The molecule has 160 valence electrons. The topological polar surface area (TPSA) is 134 Å². The molecule has 30 heavy (non-hydrogen) atoms. The van der Waals surface area contributed by atoms with E-state index in [4.69, 9.17) is 9.47 Å². The van der Waals surface area contributed by atoms with Gasteiger partial charge in [0.25, 0.3) is 0 Å². The van der Waals surface area contributed by atoms with Crippen molar-refractivity contribution in [3.8, 4) is 23.0 Å². The van der Waals surface area contributed by atoms with Gasteiger partial charge in [0.1, 0.15) is 12.2 Å². The van der Waals surface area contributed by atoms with Gasteiger partial charge in [0, 0.05) is 12.5 Å². The van der Waals surface area contributed by atoms with E-state index >= 15 is 0 Å². The van der Waals surface area contributed by atoms with Crippen molar-refractivity contribution in [3.05, 3.63) is 53.6 Å². The van der Waals surface area contributed by atoms with Gasteiger partial charge in [-0.15, -0.1) is 0 Å². The van der Waals surface area contributed by atoms with Crippen LogP contribution >= 0.6 is 0 Å². The van der Waals surface area contributed by atoms with E-state index in [0.29, 0.717) is 17.5 Å². The molecule has 2 aromatic rings. The first-order valence-corrected chi connectivity index (χ1v) is 9.15. The molecular formula is C22H24O8. The second-order valence-corrected chi connectivity index (χ2v) is 7.23. The minimum Gasteiger partial charge on any atom is -0.504 e. The molecule has 0 aliphatic heterocycles. The molecular weight excluding hydrogens is 392 g/mol. The monoisotopic (exact) mass is 416 g/mol. The Morgan fingerprint density at radius 2 is 1.57 bits per heavy atom. The lowest BCUT2D eigenvalue weighted by Gasteiger charge is -2.25. The number of phenols is 4. The highest BCUT2D eigenvalue weighted by molar-refractivity contribution is 5.87. The van der Waals surface area contributed by atoms with Gasteiger partial charge in [-0.25, -0.2) is 4.79 Å². The van der Waals surface area contributed by atoms with Crippen molar-refractivity contribution < 1.29 is 39.5 Å². The fourth-order valence-corrected chi connectivity index (χ4v) is 2.66. The quantitative estimate of drug-likeness (QED) is 0.293. The first-order valence-electron chi connectivity index (χ1n) is 9.15. The molecule has 8 nitrogen and oxygen atoms in total. The second-order valence-electron chi connectivity index (χ2n) is 7.23. The summed E-state index contributed by atoms with van der Waals surface area (Å²) >= 11 is 0. The highest BCUT2D eigenvalue weighted by Crippen LogP contribution is 2.28. The van der Waals surface area contributed by atoms with E-state index in [1.165, 1.54) is 36.4 Å². The maximum absolute atomic E-state index is 12.0. The molecule has 4 N–H and O–H groups in total. The SMILES string of the molecule is CC(C)(Cc1ccc(O)c(O)c1)OC(=O)CCOC(=O)/C=C/c1ccc(O)c(O)c1. The lowest BCUT2D eigenvalue weighted by atomic mass is 9.98. The lowest BCUT2D eigenvalue weighted by Crippen LogP contribution is -2.31. The van der Waals surface area contributed by atoms with E-state index in [1.807, 2.05) is 0 Å². The second kappa shape index (κ2) is 9.69. The molecule has 8 heteroatoms. The van der Waals surface area contributed by atoms with Crippen LogP contribution in [0.25, 0.3) is 6.08 Å². The number of hydrogen-bond donors (Lipinski definition) is 4. The number of carbonyl (C=O) groups excluding carboxylic acids is 2. The molecule has 0 aliphatic rings. The maximum atomic E-state index is 12.0. The number of hydrogen-bond acceptors (Lipinski definition) is 8. The molecule has 0 saturated carbocycles. The zero-order valence-electron chi connectivity index (χ0n) is 16.7. The summed E-state index contributed by atoms with van der Waals surface area (Å²) in [6.45, 7) is 3.24. The third kappa shape index (κ3) is 7.05. The zero-order valence-corrected chi connectivity index (χ0v) is 16.7. The van der Waals surface area contributed by atoms with Crippen LogP contribution in [0.15, 0.2) is 42.5 Å². The number of carbonyl (C=O) groups is 2. The van der Waals surface area contributed by atoms with Gasteiger partial charge in [-0.05, 0) is 55.3 Å². The number of ether oxygens (including phenoxy) is 2. The van der Waals surface area contributed by atoms with Gasteiger partial charge in [-0.2, -0.15) is 0 Å². The van der Waals surface area contributed by atoms with E-state index in [9.17, 15) is 30.0 Å². The van der Waals surface area contributed by atoms with Crippen LogP contribution in [0.1, 0.15) is 31.4 Å². The van der Waals surface area contributed by atoms with Crippen LogP contribution in [0.3, 0.4) is 0 Å². The predicted octanol–water partition coefficient (Wildman–Crippen LogP) is 3.02. The number of rotatable bonds is 8. The molecule has 0 saturated heterocycles. The number of phenolic OH excluding ortho intramolecular Hbond substituents is 4. The number of benzene rings is 2. The standard InChI is InChI=1S/C22H24O8/c1-22(2,13-15-4-7-17(24)19(26)12-15)30-21(28)9-10-29-20(27)8-5-14-3-6-16(23)18(25)11-14/h3-8,11-12,23-26H,9-10,13H2,1-2H3/b8-5+. The Hall–Kier alpha value is -3.68. The molecule has 0 aliphatic carbocycles. The van der Waals surface area contributed by atoms with E-state index < -0.39 is 17.5 Å². The molecule has 0 bridgehead atoms. The van der Waals surface area contributed by atoms with Gasteiger partial charge in [-0.3, -0.25) is 4.79 Å². The average Bonchev–Trinajstić information content (AvgIpc) is 2.65. The van der Waals surface area contributed by atoms with Crippen LogP contribution < -0.4 is 0 Å². The van der Waals surface area contributed by atoms with Crippen LogP contribution in [0.2, 0.25) is 0 Å². The molecule has 2 rings (SSSR count). The first kappa shape index (κ1) is 22.6. The third-order valence-corrected chi connectivity index (χ3v) is 4.02. The van der Waals surface area contributed by atoms with E-state index in [2.05, 4.69) is 0 Å². The molecule has 2 aromatic carbocycles. The van der Waals surface area contributed by atoms with Gasteiger partial charge >= 0.3 is 11.9 Å². The van der Waals surface area contributed by atoms with Crippen molar-refractivity contribution in [1.82, 2.24) is 0 Å². The molecule has 0 heterocycles. The summed E-state index contributed by atoms with van der Waals surface area (Å²) in [6.07, 6.45) is 2.72. The van der Waals surface area contributed by atoms with Gasteiger partial charge < -0.3 is 29.9 Å². The molecule has 0 amide bonds. The van der Waals surface area contributed by atoms with Crippen molar-refractivity contribution in [2.45, 2.75) is 32.3 Å². The Morgan fingerprint density at radius 3 is 2.20 bits per heavy atom. The summed E-state index contributed by atoms with van der Waals surface area (Å²) < 4.78 is 10.4. The molecule has 0 atom stereocenters. The Labute approximate surface area is 173 Å². The largest absolute Gasteiger partial charge is 0.504 e. The normalized spacial score (nSPS) is 11.4. The van der Waals surface area contributed by atoms with Crippen LogP contribution in [-0.2, 0) is 25.5 Å². The zero-order chi connectivity index (χ0) is 22.3. The third-order valence-electron chi connectivity index (χ3n) is 4.02. The first-order chi connectivity index (χ1) is 14.1. The predicted molar refractivity (Wildman–Crippen MR) is 108 cm³/mol. The summed E-state index contributed by atoms with van der Waals surface area (Å²) in [4.78, 5) is 23.7. The molecule has 0 fully saturated rings. The smallest absolute Gasteiger partial charge is 0.330 e. The Kier molecular flexibility index (Phi) is 7.30. The molecule has 0 spiro atoms. The van der Waals surface area contributed by atoms with Crippen molar-refractivity contribution >= 4 is 18.0 Å². The van der Waals surface area contributed by atoms with Crippen molar-refractivity contribution in [2.24, 2.45) is 0 Å². The van der Waals surface area contributed by atoms with Gasteiger partial charge in [0.05, 0.1) is 6.42 Å². The Morgan fingerprint density at radius 1 is 0.933 bits per heavy atom. The van der Waals surface area contributed by atoms with Crippen molar-refractivity contribution in [3.63, 3.8) is 0 Å². The van der Waals surface area contributed by atoms with Gasteiger partial charge in [0.15, 0.2) is 23.0 Å². The summed E-state index contributed by atoms with van der Waals surface area (Å²) in [5, 5.41) is 37.6. The number of esters is 2. The molecule has 0 aromatic heterocycles. The molecule has 0 unspecified atom stereocenters. The van der Waals surface area contributed by atoms with E-state index in [1.54, 1.807) is 19.9 Å². The summed E-state index contributed by atoms with van der Waals surface area (Å²) in [5.74, 6) is -2.28. The Balaban J connectivity index is 1.77. The van der Waals surface area contributed by atoms with Crippen molar-refractivity contribution in [2.75, 3.05) is 6.61 Å². The highest BCUT2D eigenvalue weighted by Gasteiger charge is 2.24. The average molecular weight is 416 g/mol. The van der Waals surface area contributed by atoms with Crippen LogP contribution in [-0.4, -0.2) is 44.6 Å². The van der Waals surface area contributed by atoms with Crippen LogP contribution in [0.5, 0.6) is 23.0 Å². The Bertz CT molecular complexity index is 946. The fraction of sp³-hybridized carbons (Fsp3) is 0.273. The van der Waals surface area contributed by atoms with E-state index in [0.717, 1.165) is 6.08 Å². The van der Waals surface area contributed by atoms with Gasteiger partial charge in [-0.1, -0.05) is 12.1 Å². The number of aromatic hydroxyl groups is 4. The maximum Gasteiger partial charge on any atom is 0.330 e. The van der Waals surface area contributed by atoms with Crippen LogP contribution in [0, 0.1) is 0 Å². The highest BCUT2D eigenvalue weighted by atomic mass is 16.6. The van der Waals surface area contributed by atoms with Crippen molar-refractivity contribution in [1.29, 1.82) is 0 Å².